The van der Waals surface area contributed by atoms with Crippen LogP contribution in [0.15, 0.2) is 84.9 Å². The summed E-state index contributed by atoms with van der Waals surface area (Å²) in [5.41, 5.74) is 2.93. The second kappa shape index (κ2) is 11.2. The average molecular weight is 483 g/mol. The molecule has 0 N–H and O–H groups in total. The summed E-state index contributed by atoms with van der Waals surface area (Å²) in [6, 6.07) is 22.8. The van der Waals surface area contributed by atoms with Gasteiger partial charge in [-0.3, -0.25) is 0 Å². The third-order valence-electron chi connectivity index (χ3n) is 5.56. The van der Waals surface area contributed by atoms with Gasteiger partial charge in [-0.05, 0) is 45.7 Å². The number of hydrogen-bond acceptors (Lipinski definition) is 4. The first-order valence-electron chi connectivity index (χ1n) is 12.0. The van der Waals surface area contributed by atoms with Crippen LogP contribution in [-0.2, 0) is 20.4 Å². The topological polar surface area (TPSA) is 52.6 Å². The number of carbonyl (C=O) groups excluding carboxylic acids is 2. The molecule has 3 rings (SSSR count). The molecule has 0 radical (unpaired) electrons. The molecule has 0 fully saturated rings. The number of rotatable bonds is 6. The van der Waals surface area contributed by atoms with Gasteiger partial charge in [0.15, 0.2) is 11.5 Å². The van der Waals surface area contributed by atoms with Gasteiger partial charge in [0.05, 0.1) is 0 Å². The fraction of sp³-hybridized carbons (Fsp3) is 0.250. The first-order valence-corrected chi connectivity index (χ1v) is 12.0. The van der Waals surface area contributed by atoms with E-state index in [1.54, 1.807) is 18.2 Å². The van der Waals surface area contributed by atoms with Crippen LogP contribution in [0.3, 0.4) is 0 Å². The van der Waals surface area contributed by atoms with Gasteiger partial charge in [-0.25, -0.2) is 9.59 Å². The third kappa shape index (κ3) is 7.54. The molecule has 0 amide bonds. The molecule has 0 aliphatic rings. The van der Waals surface area contributed by atoms with E-state index in [-0.39, 0.29) is 22.3 Å². The molecular formula is C32H34O4. The van der Waals surface area contributed by atoms with E-state index in [9.17, 15) is 9.59 Å². The standard InChI is InChI=1S/C32H34O4/c1-31(2,3)25-21-26(32(4,5)6)30(36-29(34)20-18-24-15-11-8-12-16-24)27(22-25)35-28(33)19-17-23-13-9-7-10-14-23/h7-22H,1-6H3/b19-17+,20-18-. The van der Waals surface area contributed by atoms with E-state index in [4.69, 9.17) is 9.47 Å². The van der Waals surface area contributed by atoms with Crippen molar-refractivity contribution in [1.82, 2.24) is 0 Å². The molecule has 0 saturated carbocycles. The molecule has 0 spiro atoms. The molecule has 0 aromatic heterocycles. The van der Waals surface area contributed by atoms with E-state index >= 15 is 0 Å². The second-order valence-electron chi connectivity index (χ2n) is 10.7. The molecule has 186 valence electrons. The first kappa shape index (κ1) is 26.7. The summed E-state index contributed by atoms with van der Waals surface area (Å²) in [6.45, 7) is 12.4. The van der Waals surface area contributed by atoms with Crippen molar-refractivity contribution in [3.8, 4) is 11.5 Å². The van der Waals surface area contributed by atoms with Crippen molar-refractivity contribution in [2.45, 2.75) is 52.4 Å². The number of esters is 2. The lowest BCUT2D eigenvalue weighted by Gasteiger charge is -2.28. The van der Waals surface area contributed by atoms with Crippen molar-refractivity contribution in [2.75, 3.05) is 0 Å². The van der Waals surface area contributed by atoms with Crippen LogP contribution in [0.1, 0.15) is 63.8 Å². The van der Waals surface area contributed by atoms with Gasteiger partial charge in [0.25, 0.3) is 0 Å². The lowest BCUT2D eigenvalue weighted by Crippen LogP contribution is -2.20. The Hall–Kier alpha value is -3.92. The van der Waals surface area contributed by atoms with Gasteiger partial charge in [0.1, 0.15) is 0 Å². The van der Waals surface area contributed by atoms with Gasteiger partial charge >= 0.3 is 11.9 Å². The Morgan fingerprint density at radius 1 is 0.639 bits per heavy atom. The Morgan fingerprint density at radius 3 is 1.56 bits per heavy atom. The largest absolute Gasteiger partial charge is 0.419 e. The molecule has 3 aromatic carbocycles. The van der Waals surface area contributed by atoms with Crippen LogP contribution in [0.25, 0.3) is 12.2 Å². The molecule has 0 atom stereocenters. The van der Waals surface area contributed by atoms with Crippen molar-refractivity contribution in [1.29, 1.82) is 0 Å². The van der Waals surface area contributed by atoms with Gasteiger partial charge in [-0.15, -0.1) is 0 Å². The number of hydrogen-bond donors (Lipinski definition) is 0. The summed E-state index contributed by atoms with van der Waals surface area (Å²) in [5, 5.41) is 0. The molecule has 0 aliphatic carbocycles. The predicted octanol–water partition coefficient (Wildman–Crippen LogP) is 7.52. The maximum Gasteiger partial charge on any atom is 0.336 e. The normalized spacial score (nSPS) is 12.2. The van der Waals surface area contributed by atoms with Crippen LogP contribution in [0.5, 0.6) is 11.5 Å². The van der Waals surface area contributed by atoms with E-state index in [1.165, 1.54) is 12.2 Å². The average Bonchev–Trinajstić information content (AvgIpc) is 2.82. The van der Waals surface area contributed by atoms with Gasteiger partial charge in [0, 0.05) is 17.7 Å². The zero-order valence-corrected chi connectivity index (χ0v) is 21.9. The molecule has 36 heavy (non-hydrogen) atoms. The summed E-state index contributed by atoms with van der Waals surface area (Å²) in [5.74, 6) is -0.636. The highest BCUT2D eigenvalue weighted by Crippen LogP contribution is 2.42. The molecule has 0 heterocycles. The van der Waals surface area contributed by atoms with Crippen LogP contribution in [0.2, 0.25) is 0 Å². The van der Waals surface area contributed by atoms with Crippen molar-refractivity contribution >= 4 is 24.1 Å². The fourth-order valence-corrected chi connectivity index (χ4v) is 3.51. The summed E-state index contributed by atoms with van der Waals surface area (Å²) in [6.07, 6.45) is 6.13. The molecule has 0 unspecified atom stereocenters. The van der Waals surface area contributed by atoms with Crippen LogP contribution in [0, 0.1) is 0 Å². The minimum absolute atomic E-state index is 0.212. The highest BCUT2D eigenvalue weighted by molar-refractivity contribution is 5.91. The minimum Gasteiger partial charge on any atom is -0.419 e. The molecule has 0 aliphatic heterocycles. The maximum atomic E-state index is 12.8. The monoisotopic (exact) mass is 482 g/mol. The Labute approximate surface area is 214 Å². The Bertz CT molecular complexity index is 1260. The van der Waals surface area contributed by atoms with Gasteiger partial charge in [-0.1, -0.05) is 108 Å². The SMILES string of the molecule is CC(C)(C)c1cc(OC(=O)/C=C/c2ccccc2)c(OC(=O)/C=C\c2ccccc2)c(C(C)(C)C)c1. The lowest BCUT2D eigenvalue weighted by molar-refractivity contribution is -0.131. The highest BCUT2D eigenvalue weighted by Gasteiger charge is 2.28. The molecule has 4 nitrogen and oxygen atoms in total. The number of ether oxygens (including phenoxy) is 2. The van der Waals surface area contributed by atoms with Crippen LogP contribution in [-0.4, -0.2) is 11.9 Å². The van der Waals surface area contributed by atoms with Crippen molar-refractivity contribution in [3.63, 3.8) is 0 Å². The van der Waals surface area contributed by atoms with E-state index in [2.05, 4.69) is 20.8 Å². The van der Waals surface area contributed by atoms with E-state index in [0.29, 0.717) is 0 Å². The summed E-state index contributed by atoms with van der Waals surface area (Å²) in [4.78, 5) is 25.6. The van der Waals surface area contributed by atoms with Gasteiger partial charge in [0.2, 0.25) is 0 Å². The second-order valence-corrected chi connectivity index (χ2v) is 10.7. The Kier molecular flexibility index (Phi) is 8.31. The lowest BCUT2D eigenvalue weighted by atomic mass is 9.80. The highest BCUT2D eigenvalue weighted by atomic mass is 16.6. The molecule has 0 bridgehead atoms. The van der Waals surface area contributed by atoms with Crippen molar-refractivity contribution < 1.29 is 19.1 Å². The summed E-state index contributed by atoms with van der Waals surface area (Å²) >= 11 is 0. The van der Waals surface area contributed by atoms with Gasteiger partial charge in [-0.2, -0.15) is 0 Å². The zero-order valence-electron chi connectivity index (χ0n) is 21.9. The quantitative estimate of drug-likeness (QED) is 0.207. The van der Waals surface area contributed by atoms with Gasteiger partial charge < -0.3 is 9.47 Å². The van der Waals surface area contributed by atoms with E-state index in [1.807, 2.05) is 87.5 Å². The predicted molar refractivity (Wildman–Crippen MR) is 146 cm³/mol. The molecule has 3 aromatic rings. The molecule has 0 saturated heterocycles. The Balaban J connectivity index is 2.00. The first-order chi connectivity index (χ1) is 16.9. The van der Waals surface area contributed by atoms with Crippen LogP contribution >= 0.6 is 0 Å². The molecular weight excluding hydrogens is 448 g/mol. The fourth-order valence-electron chi connectivity index (χ4n) is 3.51. The summed E-state index contributed by atoms with van der Waals surface area (Å²) in [7, 11) is 0. The number of carbonyl (C=O) groups is 2. The Morgan fingerprint density at radius 2 is 1.11 bits per heavy atom. The third-order valence-corrected chi connectivity index (χ3v) is 5.56. The zero-order chi connectivity index (χ0) is 26.3. The van der Waals surface area contributed by atoms with E-state index < -0.39 is 11.9 Å². The van der Waals surface area contributed by atoms with Crippen molar-refractivity contribution in [3.05, 3.63) is 107 Å². The smallest absolute Gasteiger partial charge is 0.336 e. The minimum atomic E-state index is -0.554. The van der Waals surface area contributed by atoms with Crippen molar-refractivity contribution in [2.24, 2.45) is 0 Å². The number of benzene rings is 3. The molecule has 4 heteroatoms. The summed E-state index contributed by atoms with van der Waals surface area (Å²) < 4.78 is 11.6. The van der Waals surface area contributed by atoms with E-state index in [0.717, 1.165) is 22.3 Å². The maximum absolute atomic E-state index is 12.8. The van der Waals surface area contributed by atoms with Crippen LogP contribution < -0.4 is 9.47 Å². The van der Waals surface area contributed by atoms with Crippen LogP contribution in [0.4, 0.5) is 0 Å².